The Balaban J connectivity index is 1.90. The maximum atomic E-state index is 12.9. The van der Waals surface area contributed by atoms with Crippen molar-refractivity contribution < 1.29 is 17.9 Å². The van der Waals surface area contributed by atoms with Gasteiger partial charge in [0.2, 0.25) is 10.0 Å². The van der Waals surface area contributed by atoms with Gasteiger partial charge in [-0.15, -0.1) is 0 Å². The third-order valence-corrected chi connectivity index (χ3v) is 7.69. The Kier molecular flexibility index (Phi) is 6.17. The van der Waals surface area contributed by atoms with Crippen LogP contribution < -0.4 is 4.74 Å². The summed E-state index contributed by atoms with van der Waals surface area (Å²) < 4.78 is 33.8. The third kappa shape index (κ3) is 4.19. The van der Waals surface area contributed by atoms with Gasteiger partial charge in [-0.3, -0.25) is 0 Å². The first-order valence-corrected chi connectivity index (χ1v) is 11.2. The molecule has 0 saturated carbocycles. The molecule has 1 aliphatic rings. The highest BCUT2D eigenvalue weighted by atomic mass is 79.9. The number of ether oxygens (including phenoxy) is 1. The zero-order chi connectivity index (χ0) is 18.7. The molecule has 8 heteroatoms. The fraction of sp³-hybridized carbons (Fsp3) is 0.278. The van der Waals surface area contributed by atoms with Crippen LogP contribution in [-0.2, 0) is 10.0 Å². The largest absolute Gasteiger partial charge is 0.422 e. The van der Waals surface area contributed by atoms with Gasteiger partial charge in [-0.05, 0) is 75.0 Å². The molecule has 0 aliphatic carbocycles. The number of hydrogen-bond acceptors (Lipinski definition) is 4. The van der Waals surface area contributed by atoms with Crippen LogP contribution in [0.15, 0.2) is 56.3 Å². The summed E-state index contributed by atoms with van der Waals surface area (Å²) in [5, 5.41) is 0. The summed E-state index contributed by atoms with van der Waals surface area (Å²) in [5.41, 5.74) is 0.180. The molecule has 1 aliphatic heterocycles. The number of piperidine rings is 1. The first kappa shape index (κ1) is 19.5. The van der Waals surface area contributed by atoms with Gasteiger partial charge in [0.15, 0.2) is 0 Å². The lowest BCUT2D eigenvalue weighted by Crippen LogP contribution is -2.35. The number of halogens is 2. The number of sulfonamides is 1. The molecular formula is C18H17Br2NO4S. The number of carbonyl (C=O) groups excluding carboxylic acids is 1. The molecule has 0 atom stereocenters. The van der Waals surface area contributed by atoms with E-state index in [1.54, 1.807) is 30.3 Å². The Morgan fingerprint density at radius 3 is 2.35 bits per heavy atom. The first-order chi connectivity index (χ1) is 12.4. The van der Waals surface area contributed by atoms with Crippen LogP contribution in [0.3, 0.4) is 0 Å². The molecule has 1 heterocycles. The van der Waals surface area contributed by atoms with E-state index in [4.69, 9.17) is 4.74 Å². The number of esters is 1. The van der Waals surface area contributed by atoms with Crippen molar-refractivity contribution in [2.75, 3.05) is 13.1 Å². The van der Waals surface area contributed by atoms with Gasteiger partial charge in [0.1, 0.15) is 5.75 Å². The zero-order valence-electron chi connectivity index (χ0n) is 13.8. The molecule has 0 radical (unpaired) electrons. The van der Waals surface area contributed by atoms with Crippen molar-refractivity contribution in [2.45, 2.75) is 24.2 Å². The van der Waals surface area contributed by atoms with Crippen molar-refractivity contribution in [1.29, 1.82) is 0 Å². The zero-order valence-corrected chi connectivity index (χ0v) is 17.8. The van der Waals surface area contributed by atoms with Crippen LogP contribution >= 0.6 is 31.9 Å². The topological polar surface area (TPSA) is 63.7 Å². The van der Waals surface area contributed by atoms with Gasteiger partial charge < -0.3 is 4.74 Å². The number of nitrogens with zero attached hydrogens (tertiary/aromatic N) is 1. The number of benzene rings is 2. The van der Waals surface area contributed by atoms with E-state index < -0.39 is 16.0 Å². The molecule has 26 heavy (non-hydrogen) atoms. The lowest BCUT2D eigenvalue weighted by atomic mass is 10.2. The lowest BCUT2D eigenvalue weighted by molar-refractivity contribution is 0.0733. The quantitative estimate of drug-likeness (QED) is 0.452. The second kappa shape index (κ2) is 8.21. The Bertz CT molecular complexity index is 925. The summed E-state index contributed by atoms with van der Waals surface area (Å²) in [5.74, 6) is -0.236. The third-order valence-electron chi connectivity index (χ3n) is 4.14. The lowest BCUT2D eigenvalue weighted by Gasteiger charge is -2.26. The second-order valence-electron chi connectivity index (χ2n) is 5.93. The fourth-order valence-corrected chi connectivity index (χ4v) is 5.59. The van der Waals surface area contributed by atoms with E-state index in [2.05, 4.69) is 31.9 Å². The van der Waals surface area contributed by atoms with E-state index in [1.807, 2.05) is 6.07 Å². The Hall–Kier alpha value is -1.22. The van der Waals surface area contributed by atoms with Crippen LogP contribution in [0.2, 0.25) is 0 Å². The minimum absolute atomic E-state index is 0.0842. The maximum Gasteiger partial charge on any atom is 0.343 e. The highest BCUT2D eigenvalue weighted by Crippen LogP contribution is 2.29. The second-order valence-corrected chi connectivity index (χ2v) is 9.54. The number of rotatable bonds is 4. The molecule has 138 valence electrons. The van der Waals surface area contributed by atoms with Crippen LogP contribution in [0, 0.1) is 0 Å². The Morgan fingerprint density at radius 1 is 0.962 bits per heavy atom. The van der Waals surface area contributed by atoms with E-state index in [1.165, 1.54) is 10.4 Å². The van der Waals surface area contributed by atoms with Crippen molar-refractivity contribution in [3.63, 3.8) is 0 Å². The molecule has 0 spiro atoms. The van der Waals surface area contributed by atoms with Crippen molar-refractivity contribution >= 4 is 47.9 Å². The van der Waals surface area contributed by atoms with Gasteiger partial charge in [-0.1, -0.05) is 18.6 Å². The summed E-state index contributed by atoms with van der Waals surface area (Å²) in [6.07, 6.45) is 2.73. The maximum absolute atomic E-state index is 12.9. The molecule has 1 saturated heterocycles. The minimum Gasteiger partial charge on any atom is -0.422 e. The smallest absolute Gasteiger partial charge is 0.343 e. The van der Waals surface area contributed by atoms with Crippen LogP contribution in [0.1, 0.15) is 29.6 Å². The van der Waals surface area contributed by atoms with E-state index >= 15 is 0 Å². The molecule has 0 aromatic heterocycles. The van der Waals surface area contributed by atoms with Crippen LogP contribution in [0.25, 0.3) is 0 Å². The molecule has 1 fully saturated rings. The normalized spacial score (nSPS) is 15.6. The van der Waals surface area contributed by atoms with Crippen molar-refractivity contribution in [1.82, 2.24) is 4.31 Å². The molecular weight excluding hydrogens is 486 g/mol. The highest BCUT2D eigenvalue weighted by Gasteiger charge is 2.28. The molecule has 0 bridgehead atoms. The first-order valence-electron chi connectivity index (χ1n) is 8.16. The molecule has 0 N–H and O–H groups in total. The van der Waals surface area contributed by atoms with E-state index in [0.717, 1.165) is 19.3 Å². The van der Waals surface area contributed by atoms with Gasteiger partial charge in [0.05, 0.1) is 14.9 Å². The van der Waals surface area contributed by atoms with Crippen LogP contribution in [-0.4, -0.2) is 31.8 Å². The molecule has 2 aromatic carbocycles. The standard InChI is InChI=1S/C18H17Br2NO4S/c19-14-6-2-3-7-16(14)25-18(22)13-8-9-15(20)17(12-13)26(23,24)21-10-4-1-5-11-21/h2-3,6-9,12H,1,4-5,10-11H2. The van der Waals surface area contributed by atoms with E-state index in [9.17, 15) is 13.2 Å². The van der Waals surface area contributed by atoms with Crippen LogP contribution in [0.4, 0.5) is 0 Å². The fourth-order valence-electron chi connectivity index (χ4n) is 2.76. The summed E-state index contributed by atoms with van der Waals surface area (Å²) in [7, 11) is -3.66. The molecule has 0 unspecified atom stereocenters. The van der Waals surface area contributed by atoms with Crippen molar-refractivity contribution in [2.24, 2.45) is 0 Å². The number of carbonyl (C=O) groups is 1. The average molecular weight is 503 g/mol. The van der Waals surface area contributed by atoms with Gasteiger partial charge in [0, 0.05) is 17.6 Å². The SMILES string of the molecule is O=C(Oc1ccccc1Br)c1ccc(Br)c(S(=O)(=O)N2CCCCC2)c1. The summed E-state index contributed by atoms with van der Waals surface area (Å²) in [6, 6.07) is 11.5. The molecule has 3 rings (SSSR count). The van der Waals surface area contributed by atoms with Gasteiger partial charge in [0.25, 0.3) is 0 Å². The summed E-state index contributed by atoms with van der Waals surface area (Å²) in [6.45, 7) is 1.00. The Labute approximate surface area is 169 Å². The predicted octanol–water partition coefficient (Wildman–Crippen LogP) is 4.61. The van der Waals surface area contributed by atoms with Crippen molar-refractivity contribution in [3.05, 3.63) is 57.0 Å². The predicted molar refractivity (Wildman–Crippen MR) is 106 cm³/mol. The van der Waals surface area contributed by atoms with E-state index in [-0.39, 0.29) is 10.5 Å². The molecule has 2 aromatic rings. The summed E-state index contributed by atoms with van der Waals surface area (Å²) >= 11 is 6.61. The summed E-state index contributed by atoms with van der Waals surface area (Å²) in [4.78, 5) is 12.6. The molecule has 0 amide bonds. The van der Waals surface area contributed by atoms with E-state index in [0.29, 0.717) is 27.8 Å². The number of hydrogen-bond donors (Lipinski definition) is 0. The van der Waals surface area contributed by atoms with Gasteiger partial charge in [-0.2, -0.15) is 4.31 Å². The average Bonchev–Trinajstić information content (AvgIpc) is 2.64. The van der Waals surface area contributed by atoms with Gasteiger partial charge in [-0.25, -0.2) is 13.2 Å². The monoisotopic (exact) mass is 501 g/mol. The minimum atomic E-state index is -3.66. The van der Waals surface area contributed by atoms with Crippen LogP contribution in [0.5, 0.6) is 5.75 Å². The molecule has 5 nitrogen and oxygen atoms in total. The number of para-hydroxylation sites is 1. The highest BCUT2D eigenvalue weighted by molar-refractivity contribution is 9.10. The van der Waals surface area contributed by atoms with Gasteiger partial charge >= 0.3 is 5.97 Å². The van der Waals surface area contributed by atoms with Crippen molar-refractivity contribution in [3.8, 4) is 5.75 Å². The Morgan fingerprint density at radius 2 is 1.65 bits per heavy atom.